The van der Waals surface area contributed by atoms with Crippen LogP contribution >= 0.6 is 11.6 Å². The maximum Gasteiger partial charge on any atom is 0.358 e. The summed E-state index contributed by atoms with van der Waals surface area (Å²) >= 11 is 5.69. The topological polar surface area (TPSA) is 79.5 Å². The number of hydrogen-bond donors (Lipinski definition) is 0. The molecule has 0 heterocycles. The number of halogens is 1. The fourth-order valence-electron chi connectivity index (χ4n) is 1.46. The van der Waals surface area contributed by atoms with Crippen LogP contribution in [0.15, 0.2) is 64.6 Å². The summed E-state index contributed by atoms with van der Waals surface area (Å²) in [7, 11) is -4.09. The first-order chi connectivity index (χ1) is 10.0. The van der Waals surface area contributed by atoms with Gasteiger partial charge in [-0.15, -0.1) is 0 Å². The molecule has 7 heteroatoms. The van der Waals surface area contributed by atoms with Crippen molar-refractivity contribution in [2.45, 2.75) is 4.90 Å². The Morgan fingerprint density at radius 3 is 2.29 bits per heavy atom. The highest BCUT2D eigenvalue weighted by atomic mass is 35.5. The Morgan fingerprint density at radius 1 is 1.10 bits per heavy atom. The second-order valence-corrected chi connectivity index (χ2v) is 5.87. The van der Waals surface area contributed by atoms with Crippen molar-refractivity contribution in [3.8, 4) is 6.07 Å². The molecule has 106 valence electrons. The van der Waals surface area contributed by atoms with Gasteiger partial charge in [0.15, 0.2) is 5.71 Å². The summed E-state index contributed by atoms with van der Waals surface area (Å²) in [6.45, 7) is 0. The van der Waals surface area contributed by atoms with Crippen LogP contribution in [0.1, 0.15) is 5.56 Å². The molecule has 0 atom stereocenters. The minimum atomic E-state index is -4.09. The fourth-order valence-corrected chi connectivity index (χ4v) is 2.32. The molecular weight excluding hydrogens is 312 g/mol. The lowest BCUT2D eigenvalue weighted by Gasteiger charge is -2.02. The molecule has 0 spiro atoms. The molecule has 0 radical (unpaired) electrons. The van der Waals surface area contributed by atoms with E-state index in [4.69, 9.17) is 16.9 Å². The van der Waals surface area contributed by atoms with E-state index in [9.17, 15) is 8.42 Å². The zero-order chi connectivity index (χ0) is 15.3. The maximum atomic E-state index is 11.9. The summed E-state index contributed by atoms with van der Waals surface area (Å²) in [6, 6.07) is 15.6. The molecule has 0 bridgehead atoms. The Labute approximate surface area is 127 Å². The van der Waals surface area contributed by atoms with Gasteiger partial charge < -0.3 is 0 Å². The van der Waals surface area contributed by atoms with Gasteiger partial charge >= 0.3 is 10.1 Å². The Morgan fingerprint density at radius 2 is 1.71 bits per heavy atom. The molecule has 0 aliphatic rings. The molecule has 0 aromatic heterocycles. The average molecular weight is 321 g/mol. The molecule has 0 fully saturated rings. The van der Waals surface area contributed by atoms with Gasteiger partial charge in [0.2, 0.25) is 0 Å². The molecule has 5 nitrogen and oxygen atoms in total. The highest BCUT2D eigenvalue weighted by Crippen LogP contribution is 2.16. The van der Waals surface area contributed by atoms with Gasteiger partial charge in [-0.1, -0.05) is 47.1 Å². The van der Waals surface area contributed by atoms with Gasteiger partial charge in [0, 0.05) is 10.6 Å². The van der Waals surface area contributed by atoms with Crippen LogP contribution < -0.4 is 0 Å². The third-order valence-corrected chi connectivity index (χ3v) is 3.85. The van der Waals surface area contributed by atoms with E-state index in [1.807, 2.05) is 0 Å². The smallest absolute Gasteiger partial charge is 0.263 e. The van der Waals surface area contributed by atoms with Crippen LogP contribution in [0.25, 0.3) is 0 Å². The van der Waals surface area contributed by atoms with Gasteiger partial charge in [-0.05, 0) is 24.3 Å². The summed E-state index contributed by atoms with van der Waals surface area (Å²) < 4.78 is 28.4. The number of nitriles is 1. The summed E-state index contributed by atoms with van der Waals surface area (Å²) in [6.07, 6.45) is 0. The third-order valence-electron chi connectivity index (χ3n) is 2.48. The van der Waals surface area contributed by atoms with Gasteiger partial charge in [-0.2, -0.15) is 13.7 Å². The molecule has 2 aromatic carbocycles. The highest BCUT2D eigenvalue weighted by Gasteiger charge is 2.16. The van der Waals surface area contributed by atoms with Gasteiger partial charge in [0.25, 0.3) is 0 Å². The first-order valence-corrected chi connectivity index (χ1v) is 7.54. The number of benzene rings is 2. The molecule has 0 saturated carbocycles. The largest absolute Gasteiger partial charge is 0.358 e. The van der Waals surface area contributed by atoms with E-state index in [-0.39, 0.29) is 10.6 Å². The van der Waals surface area contributed by atoms with Crippen molar-refractivity contribution in [2.24, 2.45) is 5.16 Å². The first-order valence-electron chi connectivity index (χ1n) is 5.75. The second kappa shape index (κ2) is 6.39. The second-order valence-electron chi connectivity index (χ2n) is 3.90. The van der Waals surface area contributed by atoms with E-state index in [1.165, 1.54) is 24.3 Å². The van der Waals surface area contributed by atoms with Crippen LogP contribution in [0, 0.1) is 11.3 Å². The number of oxime groups is 1. The van der Waals surface area contributed by atoms with E-state index >= 15 is 0 Å². The van der Waals surface area contributed by atoms with Crippen molar-refractivity contribution in [1.29, 1.82) is 5.26 Å². The van der Waals surface area contributed by atoms with Crippen molar-refractivity contribution in [1.82, 2.24) is 0 Å². The predicted octanol–water partition coefficient (Wildman–Crippen LogP) is 2.97. The zero-order valence-electron chi connectivity index (χ0n) is 10.6. The van der Waals surface area contributed by atoms with E-state index in [1.54, 1.807) is 36.4 Å². The van der Waals surface area contributed by atoms with E-state index in [2.05, 4.69) is 9.44 Å². The normalized spacial score (nSPS) is 11.7. The quantitative estimate of drug-likeness (QED) is 0.640. The molecular formula is C14H9ClN2O3S. The minimum absolute atomic E-state index is 0.0963. The summed E-state index contributed by atoms with van der Waals surface area (Å²) in [4.78, 5) is -0.0963. The summed E-state index contributed by atoms with van der Waals surface area (Å²) in [5.74, 6) is 0. The van der Waals surface area contributed by atoms with Gasteiger partial charge in [0.1, 0.15) is 11.0 Å². The van der Waals surface area contributed by atoms with E-state index < -0.39 is 10.1 Å². The third kappa shape index (κ3) is 3.81. The zero-order valence-corrected chi connectivity index (χ0v) is 12.2. The Balaban J connectivity index is 2.26. The van der Waals surface area contributed by atoms with Crippen LogP contribution in [-0.2, 0) is 14.4 Å². The van der Waals surface area contributed by atoms with Crippen LogP contribution in [0.4, 0.5) is 0 Å². The van der Waals surface area contributed by atoms with Crippen LogP contribution in [0.3, 0.4) is 0 Å². The van der Waals surface area contributed by atoms with Crippen molar-refractivity contribution in [2.75, 3.05) is 0 Å². The summed E-state index contributed by atoms with van der Waals surface area (Å²) in [5, 5.41) is 12.8. The Hall–Kier alpha value is -2.36. The standard InChI is InChI=1S/C14H9ClN2O3S/c15-12-6-8-13(9-7-12)21(18,19)20-17-14(10-16)11-4-2-1-3-5-11/h1-9H/b17-14+. The van der Waals surface area contributed by atoms with Crippen molar-refractivity contribution in [3.05, 3.63) is 65.2 Å². The van der Waals surface area contributed by atoms with Crippen molar-refractivity contribution in [3.63, 3.8) is 0 Å². The van der Waals surface area contributed by atoms with Gasteiger partial charge in [-0.3, -0.25) is 4.28 Å². The fraction of sp³-hybridized carbons (Fsp3) is 0. The van der Waals surface area contributed by atoms with Gasteiger partial charge in [0.05, 0.1) is 0 Å². The molecule has 0 aliphatic carbocycles. The molecule has 0 unspecified atom stereocenters. The lowest BCUT2D eigenvalue weighted by atomic mass is 10.1. The lowest BCUT2D eigenvalue weighted by molar-refractivity contribution is 0.339. The number of hydrogen-bond acceptors (Lipinski definition) is 5. The van der Waals surface area contributed by atoms with Crippen LogP contribution in [0.2, 0.25) is 5.02 Å². The Kier molecular flexibility index (Phi) is 4.58. The SMILES string of the molecule is N#C/C(=N\OS(=O)(=O)c1ccc(Cl)cc1)c1ccccc1. The predicted molar refractivity (Wildman–Crippen MR) is 78.3 cm³/mol. The molecule has 0 amide bonds. The monoisotopic (exact) mass is 320 g/mol. The van der Waals surface area contributed by atoms with Crippen LogP contribution in [0.5, 0.6) is 0 Å². The van der Waals surface area contributed by atoms with Gasteiger partial charge in [-0.25, -0.2) is 0 Å². The summed E-state index contributed by atoms with van der Waals surface area (Å²) in [5.41, 5.74) is 0.333. The Bertz CT molecular complexity index is 794. The molecule has 0 saturated heterocycles. The van der Waals surface area contributed by atoms with E-state index in [0.717, 1.165) is 0 Å². The van der Waals surface area contributed by atoms with Crippen LogP contribution in [-0.4, -0.2) is 14.1 Å². The number of nitrogens with zero attached hydrogens (tertiary/aromatic N) is 2. The highest BCUT2D eigenvalue weighted by molar-refractivity contribution is 7.86. The molecule has 2 aromatic rings. The maximum absolute atomic E-state index is 11.9. The molecule has 0 aliphatic heterocycles. The molecule has 0 N–H and O–H groups in total. The molecule has 21 heavy (non-hydrogen) atoms. The van der Waals surface area contributed by atoms with Crippen molar-refractivity contribution >= 4 is 27.4 Å². The van der Waals surface area contributed by atoms with Crippen molar-refractivity contribution < 1.29 is 12.7 Å². The molecule has 2 rings (SSSR count). The van der Waals surface area contributed by atoms with E-state index in [0.29, 0.717) is 10.6 Å². The number of rotatable bonds is 4. The first kappa shape index (κ1) is 15.0. The lowest BCUT2D eigenvalue weighted by Crippen LogP contribution is -2.05. The minimum Gasteiger partial charge on any atom is -0.263 e. The average Bonchev–Trinajstić information content (AvgIpc) is 2.49.